The zero-order valence-electron chi connectivity index (χ0n) is 18.5. The zero-order valence-corrected chi connectivity index (χ0v) is 20.1. The molecule has 0 saturated heterocycles. The number of methoxy groups -OCH3 is 2. The summed E-state index contributed by atoms with van der Waals surface area (Å²) in [7, 11) is 3.18. The number of carbonyl (C=O) groups is 1. The SMILES string of the molecule is COCC(C)NC(=O)CSc1nc2sc3c(c2c(=O)n1-c1ccccc1OC)CCCC3. The van der Waals surface area contributed by atoms with E-state index in [1.54, 1.807) is 30.1 Å². The van der Waals surface area contributed by atoms with Crippen molar-refractivity contribution in [2.75, 3.05) is 26.6 Å². The molecule has 0 aliphatic heterocycles. The van der Waals surface area contributed by atoms with Gasteiger partial charge in [-0.25, -0.2) is 4.98 Å². The predicted octanol–water partition coefficient (Wildman–Crippen LogP) is 3.58. The van der Waals surface area contributed by atoms with Crippen LogP contribution in [-0.4, -0.2) is 48.1 Å². The van der Waals surface area contributed by atoms with Crippen molar-refractivity contribution in [3.63, 3.8) is 0 Å². The number of carbonyl (C=O) groups excluding carboxylic acids is 1. The molecule has 1 aliphatic carbocycles. The second-order valence-corrected chi connectivity index (χ2v) is 9.84. The second kappa shape index (κ2) is 10.1. The molecule has 2 heterocycles. The van der Waals surface area contributed by atoms with E-state index in [1.165, 1.54) is 16.6 Å². The van der Waals surface area contributed by atoms with Crippen LogP contribution in [0.1, 0.15) is 30.2 Å². The number of aryl methyl sites for hydroxylation is 2. The Morgan fingerprint density at radius 2 is 2.06 bits per heavy atom. The second-order valence-electron chi connectivity index (χ2n) is 7.81. The topological polar surface area (TPSA) is 82.5 Å². The van der Waals surface area contributed by atoms with Crippen molar-refractivity contribution in [1.82, 2.24) is 14.9 Å². The number of nitrogens with zero attached hydrogens (tertiary/aromatic N) is 2. The summed E-state index contributed by atoms with van der Waals surface area (Å²) in [5.74, 6) is 0.595. The molecule has 170 valence electrons. The van der Waals surface area contributed by atoms with Crippen molar-refractivity contribution in [2.45, 2.75) is 43.8 Å². The molecule has 1 unspecified atom stereocenters. The molecule has 1 aromatic carbocycles. The molecule has 1 N–H and O–H groups in total. The number of fused-ring (bicyclic) bond motifs is 3. The standard InChI is InChI=1S/C23H27N3O4S2/c1-14(12-29-2)24-19(27)13-31-23-25-21-20(15-8-4-7-11-18(15)32-21)22(28)26(23)16-9-5-6-10-17(16)30-3/h5-6,9-10,14H,4,7-8,11-13H2,1-3H3,(H,24,27). The molecule has 0 saturated carbocycles. The highest BCUT2D eigenvalue weighted by atomic mass is 32.2. The summed E-state index contributed by atoms with van der Waals surface area (Å²) in [4.78, 5) is 33.1. The highest BCUT2D eigenvalue weighted by molar-refractivity contribution is 7.99. The predicted molar refractivity (Wildman–Crippen MR) is 129 cm³/mol. The quantitative estimate of drug-likeness (QED) is 0.398. The minimum atomic E-state index is -0.133. The minimum Gasteiger partial charge on any atom is -0.495 e. The van der Waals surface area contributed by atoms with Gasteiger partial charge in [0.1, 0.15) is 10.6 Å². The van der Waals surface area contributed by atoms with Crippen LogP contribution in [0.3, 0.4) is 0 Å². The Morgan fingerprint density at radius 1 is 1.28 bits per heavy atom. The number of hydrogen-bond donors (Lipinski definition) is 1. The van der Waals surface area contributed by atoms with E-state index in [2.05, 4.69) is 5.32 Å². The van der Waals surface area contributed by atoms with Gasteiger partial charge in [0.05, 0.1) is 30.5 Å². The molecule has 1 aliphatic rings. The molecule has 0 fully saturated rings. The average Bonchev–Trinajstić information content (AvgIpc) is 3.16. The summed E-state index contributed by atoms with van der Waals surface area (Å²) in [5.41, 5.74) is 1.66. The Kier molecular flexibility index (Phi) is 7.17. The van der Waals surface area contributed by atoms with Gasteiger partial charge in [-0.05, 0) is 50.3 Å². The smallest absolute Gasteiger partial charge is 0.267 e. The van der Waals surface area contributed by atoms with Gasteiger partial charge in [0.15, 0.2) is 5.16 Å². The molecule has 32 heavy (non-hydrogen) atoms. The van der Waals surface area contributed by atoms with Crippen LogP contribution in [0, 0.1) is 0 Å². The van der Waals surface area contributed by atoms with Crippen molar-refractivity contribution in [2.24, 2.45) is 0 Å². The molecule has 9 heteroatoms. The van der Waals surface area contributed by atoms with Gasteiger partial charge in [0.25, 0.3) is 5.56 Å². The van der Waals surface area contributed by atoms with Crippen LogP contribution < -0.4 is 15.6 Å². The highest BCUT2D eigenvalue weighted by Gasteiger charge is 2.24. The summed E-state index contributed by atoms with van der Waals surface area (Å²) in [6, 6.07) is 7.30. The molecular weight excluding hydrogens is 446 g/mol. The van der Waals surface area contributed by atoms with Crippen LogP contribution in [0.4, 0.5) is 0 Å². The molecule has 0 bridgehead atoms. The number of amides is 1. The van der Waals surface area contributed by atoms with E-state index in [4.69, 9.17) is 14.5 Å². The number of benzene rings is 1. The largest absolute Gasteiger partial charge is 0.495 e. The van der Waals surface area contributed by atoms with Crippen molar-refractivity contribution < 1.29 is 14.3 Å². The van der Waals surface area contributed by atoms with Crippen LogP contribution in [0.15, 0.2) is 34.2 Å². The van der Waals surface area contributed by atoms with E-state index >= 15 is 0 Å². The van der Waals surface area contributed by atoms with E-state index in [0.717, 1.165) is 36.1 Å². The van der Waals surface area contributed by atoms with Crippen molar-refractivity contribution in [3.8, 4) is 11.4 Å². The number of para-hydroxylation sites is 2. The van der Waals surface area contributed by atoms with Gasteiger partial charge in [-0.3, -0.25) is 14.2 Å². The number of hydrogen-bond acceptors (Lipinski definition) is 7. The monoisotopic (exact) mass is 473 g/mol. The van der Waals surface area contributed by atoms with Gasteiger partial charge in [0, 0.05) is 18.0 Å². The number of aromatic nitrogens is 2. The molecule has 3 aromatic rings. The lowest BCUT2D eigenvalue weighted by atomic mass is 9.97. The van der Waals surface area contributed by atoms with Crippen molar-refractivity contribution in [1.29, 1.82) is 0 Å². The van der Waals surface area contributed by atoms with E-state index < -0.39 is 0 Å². The molecule has 2 aromatic heterocycles. The van der Waals surface area contributed by atoms with Crippen LogP contribution in [0.25, 0.3) is 15.9 Å². The maximum absolute atomic E-state index is 13.8. The number of thioether (sulfide) groups is 1. The van der Waals surface area contributed by atoms with Gasteiger partial charge in [-0.1, -0.05) is 23.9 Å². The van der Waals surface area contributed by atoms with Gasteiger partial charge >= 0.3 is 0 Å². The van der Waals surface area contributed by atoms with Crippen molar-refractivity contribution >= 4 is 39.2 Å². The first-order valence-corrected chi connectivity index (χ1v) is 12.5. The molecule has 7 nitrogen and oxygen atoms in total. The Morgan fingerprint density at radius 3 is 2.84 bits per heavy atom. The Hall–Kier alpha value is -2.36. The summed E-state index contributed by atoms with van der Waals surface area (Å²) in [5, 5.41) is 4.10. The molecule has 0 spiro atoms. The minimum absolute atomic E-state index is 0.0935. The number of ether oxygens (including phenoxy) is 2. The van der Waals surface area contributed by atoms with Crippen LogP contribution >= 0.6 is 23.1 Å². The lowest BCUT2D eigenvalue weighted by Gasteiger charge is -2.16. The summed E-state index contributed by atoms with van der Waals surface area (Å²) >= 11 is 2.86. The van der Waals surface area contributed by atoms with Gasteiger partial charge in [0.2, 0.25) is 5.91 Å². The van der Waals surface area contributed by atoms with E-state index in [9.17, 15) is 9.59 Å². The van der Waals surface area contributed by atoms with E-state index in [0.29, 0.717) is 28.6 Å². The first-order valence-electron chi connectivity index (χ1n) is 10.6. The Balaban J connectivity index is 1.78. The first-order chi connectivity index (χ1) is 15.5. The third-order valence-electron chi connectivity index (χ3n) is 5.44. The van der Waals surface area contributed by atoms with Gasteiger partial charge in [-0.15, -0.1) is 11.3 Å². The third-order valence-corrected chi connectivity index (χ3v) is 7.56. The third kappa shape index (κ3) is 4.55. The van der Waals surface area contributed by atoms with E-state index in [-0.39, 0.29) is 23.3 Å². The summed E-state index contributed by atoms with van der Waals surface area (Å²) < 4.78 is 12.2. The fourth-order valence-corrected chi connectivity index (χ4v) is 6.17. The first kappa shape index (κ1) is 22.8. The Labute approximate surface area is 195 Å². The number of rotatable bonds is 8. The lowest BCUT2D eigenvalue weighted by Crippen LogP contribution is -2.36. The summed E-state index contributed by atoms with van der Waals surface area (Å²) in [6.07, 6.45) is 4.13. The van der Waals surface area contributed by atoms with Crippen LogP contribution in [-0.2, 0) is 22.4 Å². The fourth-order valence-electron chi connectivity index (χ4n) is 4.05. The molecule has 1 amide bonds. The normalized spacial score (nSPS) is 14.2. The molecule has 0 radical (unpaired) electrons. The summed E-state index contributed by atoms with van der Waals surface area (Å²) in [6.45, 7) is 2.32. The zero-order chi connectivity index (χ0) is 22.7. The molecule has 1 atom stereocenters. The van der Waals surface area contributed by atoms with Crippen molar-refractivity contribution in [3.05, 3.63) is 45.1 Å². The van der Waals surface area contributed by atoms with Gasteiger partial charge < -0.3 is 14.8 Å². The molecule has 4 rings (SSSR count). The Bertz CT molecular complexity index is 1190. The number of thiophene rings is 1. The van der Waals surface area contributed by atoms with Crippen LogP contribution in [0.2, 0.25) is 0 Å². The molecular formula is C23H27N3O4S2. The average molecular weight is 474 g/mol. The van der Waals surface area contributed by atoms with Gasteiger partial charge in [-0.2, -0.15) is 0 Å². The van der Waals surface area contributed by atoms with Crippen LogP contribution in [0.5, 0.6) is 5.75 Å². The highest BCUT2D eigenvalue weighted by Crippen LogP contribution is 2.36. The maximum Gasteiger partial charge on any atom is 0.267 e. The maximum atomic E-state index is 13.8. The number of nitrogens with one attached hydrogen (secondary N) is 1. The van der Waals surface area contributed by atoms with E-state index in [1.807, 2.05) is 31.2 Å². The lowest BCUT2D eigenvalue weighted by molar-refractivity contribution is -0.119. The fraction of sp³-hybridized carbons (Fsp3) is 0.435.